The topological polar surface area (TPSA) is 34.1 Å². The van der Waals surface area contributed by atoms with Crippen LogP contribution in [0.2, 0.25) is 0 Å². The van der Waals surface area contributed by atoms with E-state index in [4.69, 9.17) is 0 Å². The summed E-state index contributed by atoms with van der Waals surface area (Å²) in [7, 11) is 0. The van der Waals surface area contributed by atoms with Crippen molar-refractivity contribution >= 4 is 11.6 Å². The molecule has 0 fully saturated rings. The van der Waals surface area contributed by atoms with Gasteiger partial charge in [0.2, 0.25) is 0 Å². The van der Waals surface area contributed by atoms with Crippen LogP contribution >= 0.6 is 0 Å². The van der Waals surface area contributed by atoms with E-state index >= 15 is 0 Å². The molecule has 2 nitrogen and oxygen atoms in total. The molecule has 2 aromatic rings. The van der Waals surface area contributed by atoms with E-state index in [2.05, 4.69) is 0 Å². The van der Waals surface area contributed by atoms with Gasteiger partial charge in [-0.2, -0.15) is 0 Å². The first-order valence-electron chi connectivity index (χ1n) is 6.73. The summed E-state index contributed by atoms with van der Waals surface area (Å²) in [5, 5.41) is 0. The maximum atomic E-state index is 12.5. The van der Waals surface area contributed by atoms with Crippen LogP contribution in [0.5, 0.6) is 0 Å². The Labute approximate surface area is 116 Å². The Hall–Kier alpha value is -2.48. The van der Waals surface area contributed by atoms with E-state index in [1.807, 2.05) is 48.5 Å². The first kappa shape index (κ1) is 11.4. The number of ketones is 2. The second-order valence-electron chi connectivity index (χ2n) is 5.28. The van der Waals surface area contributed by atoms with Gasteiger partial charge in [0.25, 0.3) is 0 Å². The Bertz CT molecular complexity index is 729. The summed E-state index contributed by atoms with van der Waals surface area (Å²) in [4.78, 5) is 24.9. The molecular formula is C18H12O2. The zero-order chi connectivity index (χ0) is 13.7. The number of hydrogen-bond donors (Lipinski definition) is 0. The highest BCUT2D eigenvalue weighted by Gasteiger charge is 2.33. The van der Waals surface area contributed by atoms with Crippen LogP contribution < -0.4 is 0 Å². The molecule has 0 heterocycles. The quantitative estimate of drug-likeness (QED) is 0.682. The molecular weight excluding hydrogens is 248 g/mol. The SMILES string of the molecule is O=C1/C(=C2/Cc3ccccc3C2=O)Cc2ccccc21. The largest absolute Gasteiger partial charge is 0.289 e. The number of allylic oxidation sites excluding steroid dienone is 2. The van der Waals surface area contributed by atoms with Gasteiger partial charge in [0.15, 0.2) is 11.6 Å². The minimum Gasteiger partial charge on any atom is -0.289 e. The molecule has 96 valence electrons. The van der Waals surface area contributed by atoms with Gasteiger partial charge < -0.3 is 0 Å². The fraction of sp³-hybridized carbons (Fsp3) is 0.111. The highest BCUT2D eigenvalue weighted by Crippen LogP contribution is 2.34. The van der Waals surface area contributed by atoms with Gasteiger partial charge >= 0.3 is 0 Å². The van der Waals surface area contributed by atoms with Crippen molar-refractivity contribution in [2.75, 3.05) is 0 Å². The first-order chi connectivity index (χ1) is 9.75. The van der Waals surface area contributed by atoms with E-state index in [9.17, 15) is 9.59 Å². The molecule has 0 N–H and O–H groups in total. The lowest BCUT2D eigenvalue weighted by Gasteiger charge is -2.00. The highest BCUT2D eigenvalue weighted by molar-refractivity contribution is 6.22. The van der Waals surface area contributed by atoms with E-state index in [0.29, 0.717) is 24.0 Å². The highest BCUT2D eigenvalue weighted by atomic mass is 16.1. The normalized spacial score (nSPS) is 20.2. The van der Waals surface area contributed by atoms with Gasteiger partial charge in [-0.1, -0.05) is 48.5 Å². The lowest BCUT2D eigenvalue weighted by Crippen LogP contribution is -2.05. The van der Waals surface area contributed by atoms with Crippen LogP contribution in [-0.2, 0) is 12.8 Å². The minimum absolute atomic E-state index is 0.0248. The number of rotatable bonds is 0. The molecule has 2 aliphatic carbocycles. The number of Topliss-reactive ketones (excluding diaryl/α,β-unsaturated/α-hetero) is 2. The predicted octanol–water partition coefficient (Wildman–Crippen LogP) is 3.16. The monoisotopic (exact) mass is 260 g/mol. The maximum absolute atomic E-state index is 12.5. The van der Waals surface area contributed by atoms with Crippen LogP contribution in [0.3, 0.4) is 0 Å². The summed E-state index contributed by atoms with van der Waals surface area (Å²) >= 11 is 0. The Morgan fingerprint density at radius 2 is 1.00 bits per heavy atom. The van der Waals surface area contributed by atoms with Gasteiger partial charge in [-0.25, -0.2) is 0 Å². The molecule has 0 saturated heterocycles. The summed E-state index contributed by atoms with van der Waals surface area (Å²) < 4.78 is 0. The van der Waals surface area contributed by atoms with Crippen molar-refractivity contribution in [3.63, 3.8) is 0 Å². The minimum atomic E-state index is 0.0248. The van der Waals surface area contributed by atoms with Crippen molar-refractivity contribution in [3.8, 4) is 0 Å². The zero-order valence-electron chi connectivity index (χ0n) is 10.8. The van der Waals surface area contributed by atoms with Crippen LogP contribution in [0.4, 0.5) is 0 Å². The third-order valence-corrected chi connectivity index (χ3v) is 4.17. The Kier molecular flexibility index (Phi) is 2.27. The molecule has 0 radical (unpaired) electrons. The number of fused-ring (bicyclic) bond motifs is 2. The van der Waals surface area contributed by atoms with Crippen LogP contribution in [0.15, 0.2) is 59.7 Å². The Balaban J connectivity index is 1.85. The zero-order valence-corrected chi connectivity index (χ0v) is 10.8. The van der Waals surface area contributed by atoms with E-state index < -0.39 is 0 Å². The fourth-order valence-corrected chi connectivity index (χ4v) is 3.15. The lowest BCUT2D eigenvalue weighted by molar-refractivity contribution is 0.100. The summed E-state index contributed by atoms with van der Waals surface area (Å²) in [6.07, 6.45) is 1.17. The van der Waals surface area contributed by atoms with Gasteiger partial charge in [0.1, 0.15) is 0 Å². The van der Waals surface area contributed by atoms with Crippen molar-refractivity contribution in [1.82, 2.24) is 0 Å². The molecule has 2 heteroatoms. The average molecular weight is 260 g/mol. The van der Waals surface area contributed by atoms with Crippen molar-refractivity contribution in [3.05, 3.63) is 81.9 Å². The molecule has 2 aliphatic rings. The first-order valence-corrected chi connectivity index (χ1v) is 6.73. The van der Waals surface area contributed by atoms with Gasteiger partial charge in [0.05, 0.1) is 0 Å². The van der Waals surface area contributed by atoms with Crippen LogP contribution in [0.1, 0.15) is 31.8 Å². The lowest BCUT2D eigenvalue weighted by atomic mass is 10.0. The van der Waals surface area contributed by atoms with Crippen LogP contribution in [0.25, 0.3) is 0 Å². The smallest absolute Gasteiger partial charge is 0.190 e. The Morgan fingerprint density at radius 3 is 1.40 bits per heavy atom. The number of benzene rings is 2. The second kappa shape index (κ2) is 4.01. The third-order valence-electron chi connectivity index (χ3n) is 4.17. The molecule has 0 aliphatic heterocycles. The molecule has 0 amide bonds. The number of carbonyl (C=O) groups is 2. The van der Waals surface area contributed by atoms with E-state index in [-0.39, 0.29) is 11.6 Å². The number of carbonyl (C=O) groups excluding carboxylic acids is 2. The van der Waals surface area contributed by atoms with E-state index in [0.717, 1.165) is 22.3 Å². The van der Waals surface area contributed by atoms with Crippen molar-refractivity contribution in [2.45, 2.75) is 12.8 Å². The molecule has 4 rings (SSSR count). The molecule has 0 atom stereocenters. The molecule has 2 aromatic carbocycles. The molecule has 0 bridgehead atoms. The van der Waals surface area contributed by atoms with Gasteiger partial charge in [-0.05, 0) is 11.1 Å². The molecule has 0 saturated carbocycles. The summed E-state index contributed by atoms with van der Waals surface area (Å²) in [5.74, 6) is 0.0495. The molecule has 0 unspecified atom stereocenters. The molecule has 20 heavy (non-hydrogen) atoms. The second-order valence-corrected chi connectivity index (χ2v) is 5.28. The van der Waals surface area contributed by atoms with Crippen LogP contribution in [-0.4, -0.2) is 11.6 Å². The summed E-state index contributed by atoms with van der Waals surface area (Å²) in [6.45, 7) is 0. The average Bonchev–Trinajstić information content (AvgIpc) is 2.98. The maximum Gasteiger partial charge on any atom is 0.190 e. The van der Waals surface area contributed by atoms with E-state index in [1.165, 1.54) is 0 Å². The van der Waals surface area contributed by atoms with Crippen LogP contribution in [0, 0.1) is 0 Å². The van der Waals surface area contributed by atoms with Crippen molar-refractivity contribution in [1.29, 1.82) is 0 Å². The summed E-state index contributed by atoms with van der Waals surface area (Å²) in [6, 6.07) is 15.2. The summed E-state index contributed by atoms with van der Waals surface area (Å²) in [5.41, 5.74) is 4.94. The number of hydrogen-bond acceptors (Lipinski definition) is 2. The van der Waals surface area contributed by atoms with E-state index in [1.54, 1.807) is 0 Å². The van der Waals surface area contributed by atoms with Gasteiger partial charge in [-0.3, -0.25) is 9.59 Å². The van der Waals surface area contributed by atoms with Crippen molar-refractivity contribution < 1.29 is 9.59 Å². The van der Waals surface area contributed by atoms with Gasteiger partial charge in [0, 0.05) is 35.1 Å². The predicted molar refractivity (Wildman–Crippen MR) is 76.0 cm³/mol. The van der Waals surface area contributed by atoms with Crippen molar-refractivity contribution in [2.24, 2.45) is 0 Å². The fourth-order valence-electron chi connectivity index (χ4n) is 3.15. The standard InChI is InChI=1S/C18H12O2/c19-17-13-7-3-1-5-11(13)9-15(17)16-10-12-6-2-4-8-14(12)18(16)20/h1-8H,9-10H2/b16-15-. The van der Waals surface area contributed by atoms with Gasteiger partial charge in [-0.15, -0.1) is 0 Å². The molecule has 0 spiro atoms. The third kappa shape index (κ3) is 1.45. The Morgan fingerprint density at radius 1 is 0.600 bits per heavy atom. The molecule has 0 aromatic heterocycles.